The molecule has 3 aromatic carbocycles. The number of anilines is 2. The molecule has 3 heterocycles. The number of hydrogen-bond donors (Lipinski definition) is 1. The Morgan fingerprint density at radius 2 is 1.78 bits per heavy atom. The molecule has 0 saturated heterocycles. The number of pyridine rings is 1. The van der Waals surface area contributed by atoms with Crippen LogP contribution in [0.15, 0.2) is 72.9 Å². The van der Waals surface area contributed by atoms with Crippen molar-refractivity contribution in [3.05, 3.63) is 89.6 Å². The minimum absolute atomic E-state index is 0.272. The molecule has 2 aliphatic heterocycles. The molecule has 0 saturated carbocycles. The summed E-state index contributed by atoms with van der Waals surface area (Å²) in [7, 11) is 2.96. The summed E-state index contributed by atoms with van der Waals surface area (Å²) in [6, 6.07) is 19.4. The Morgan fingerprint density at radius 3 is 2.59 bits per heavy atom. The van der Waals surface area contributed by atoms with E-state index < -0.39 is 12.1 Å². The van der Waals surface area contributed by atoms with Crippen molar-refractivity contribution in [2.45, 2.75) is 6.17 Å². The molecule has 37 heavy (non-hydrogen) atoms. The van der Waals surface area contributed by atoms with E-state index in [0.29, 0.717) is 33.8 Å². The Morgan fingerprint density at radius 1 is 0.946 bits per heavy atom. The summed E-state index contributed by atoms with van der Waals surface area (Å²) in [5, 5.41) is 3.70. The largest absolute Gasteiger partial charge is 0.493 e. The number of hydrogen-bond acceptors (Lipinski definition) is 6. The number of amides is 3. The van der Waals surface area contributed by atoms with Crippen LogP contribution in [0.2, 0.25) is 0 Å². The number of para-hydroxylation sites is 1. The molecule has 6 rings (SSSR count). The Hall–Kier alpha value is -4.92. The van der Waals surface area contributed by atoms with Crippen LogP contribution in [-0.2, 0) is 4.79 Å². The second-order valence-electron chi connectivity index (χ2n) is 8.69. The van der Waals surface area contributed by atoms with Crippen molar-refractivity contribution in [2.24, 2.45) is 0 Å². The van der Waals surface area contributed by atoms with Gasteiger partial charge in [0.25, 0.3) is 11.8 Å². The Labute approximate surface area is 212 Å². The van der Waals surface area contributed by atoms with Crippen LogP contribution in [-0.4, -0.2) is 48.4 Å². The van der Waals surface area contributed by atoms with Gasteiger partial charge in [0.05, 0.1) is 42.2 Å². The van der Waals surface area contributed by atoms with Gasteiger partial charge in [-0.25, -0.2) is 0 Å². The van der Waals surface area contributed by atoms with Crippen LogP contribution in [0, 0.1) is 0 Å². The first kappa shape index (κ1) is 22.5. The molecule has 1 atom stereocenters. The van der Waals surface area contributed by atoms with Gasteiger partial charge >= 0.3 is 0 Å². The minimum Gasteiger partial charge on any atom is -0.493 e. The molecule has 0 radical (unpaired) electrons. The van der Waals surface area contributed by atoms with Gasteiger partial charge in [0.1, 0.15) is 12.7 Å². The van der Waals surface area contributed by atoms with Crippen LogP contribution < -0.4 is 19.7 Å². The third-order valence-corrected chi connectivity index (χ3v) is 6.72. The van der Waals surface area contributed by atoms with Crippen LogP contribution in [0.4, 0.5) is 11.4 Å². The monoisotopic (exact) mass is 494 g/mol. The maximum absolute atomic E-state index is 13.8. The van der Waals surface area contributed by atoms with Crippen molar-refractivity contribution >= 4 is 40.0 Å². The van der Waals surface area contributed by atoms with Crippen molar-refractivity contribution in [1.29, 1.82) is 0 Å². The van der Waals surface area contributed by atoms with E-state index in [-0.39, 0.29) is 24.1 Å². The normalized spacial score (nSPS) is 15.8. The fourth-order valence-corrected chi connectivity index (χ4v) is 5.14. The number of benzene rings is 3. The second-order valence-corrected chi connectivity index (χ2v) is 8.69. The molecule has 0 bridgehead atoms. The average molecular weight is 495 g/mol. The average Bonchev–Trinajstić information content (AvgIpc) is 3.23. The zero-order valence-corrected chi connectivity index (χ0v) is 20.1. The maximum Gasteiger partial charge on any atom is 0.264 e. The summed E-state index contributed by atoms with van der Waals surface area (Å²) >= 11 is 0. The van der Waals surface area contributed by atoms with E-state index in [9.17, 15) is 14.4 Å². The number of carbonyl (C=O) groups is 3. The van der Waals surface area contributed by atoms with E-state index >= 15 is 0 Å². The Kier molecular flexibility index (Phi) is 5.26. The first-order valence-electron chi connectivity index (χ1n) is 11.7. The van der Waals surface area contributed by atoms with Gasteiger partial charge in [0, 0.05) is 17.1 Å². The van der Waals surface area contributed by atoms with Crippen molar-refractivity contribution < 1.29 is 23.9 Å². The van der Waals surface area contributed by atoms with E-state index in [2.05, 4.69) is 10.3 Å². The molecule has 0 aliphatic carbocycles. The second kappa shape index (κ2) is 8.63. The van der Waals surface area contributed by atoms with Crippen LogP contribution >= 0.6 is 0 Å². The predicted molar refractivity (Wildman–Crippen MR) is 137 cm³/mol. The van der Waals surface area contributed by atoms with Crippen LogP contribution in [0.3, 0.4) is 0 Å². The zero-order valence-electron chi connectivity index (χ0n) is 20.1. The third-order valence-electron chi connectivity index (χ3n) is 6.72. The molecule has 4 aromatic rings. The van der Waals surface area contributed by atoms with Crippen LogP contribution in [0.25, 0.3) is 10.9 Å². The lowest BCUT2D eigenvalue weighted by Gasteiger charge is -2.40. The lowest BCUT2D eigenvalue weighted by molar-refractivity contribution is -0.117. The topological polar surface area (TPSA) is 101 Å². The highest BCUT2D eigenvalue weighted by Gasteiger charge is 2.50. The molecule has 1 aromatic heterocycles. The van der Waals surface area contributed by atoms with Crippen molar-refractivity contribution in [3.63, 3.8) is 0 Å². The summed E-state index contributed by atoms with van der Waals surface area (Å²) in [5.74, 6) is -0.381. The Bertz CT molecular complexity index is 1600. The maximum atomic E-state index is 13.8. The van der Waals surface area contributed by atoms with Gasteiger partial charge in [-0.2, -0.15) is 0 Å². The van der Waals surface area contributed by atoms with Gasteiger partial charge in [-0.05, 0) is 42.5 Å². The smallest absolute Gasteiger partial charge is 0.264 e. The summed E-state index contributed by atoms with van der Waals surface area (Å²) in [5.41, 5.74) is 3.02. The lowest BCUT2D eigenvalue weighted by Crippen LogP contribution is -2.50. The molecule has 0 fully saturated rings. The third kappa shape index (κ3) is 3.39. The van der Waals surface area contributed by atoms with Crippen LogP contribution in [0.1, 0.15) is 32.4 Å². The molecule has 2 aliphatic rings. The summed E-state index contributed by atoms with van der Waals surface area (Å²) < 4.78 is 10.9. The number of methoxy groups -OCH3 is 2. The number of carbonyl (C=O) groups excluding carboxylic acids is 3. The van der Waals surface area contributed by atoms with Gasteiger partial charge in [-0.1, -0.05) is 24.3 Å². The molecular formula is C28H22N4O5. The fourth-order valence-electron chi connectivity index (χ4n) is 5.14. The van der Waals surface area contributed by atoms with E-state index in [1.807, 2.05) is 12.1 Å². The standard InChI is InChI=1S/C28H22N4O5/c1-36-22-13-12-18-24(25(22)37-2)28(35)32-21-11-4-3-7-17(21)27(34)31(26(18)32)15-23(33)30-20-10-5-9-19-16(20)8-6-14-29-19/h3-14,26H,15H2,1-2H3,(H,30,33)/t26-/m0/s1. The van der Waals surface area contributed by atoms with Gasteiger partial charge < -0.3 is 19.7 Å². The Balaban J connectivity index is 1.42. The van der Waals surface area contributed by atoms with E-state index in [1.165, 1.54) is 19.1 Å². The fraction of sp³-hybridized carbons (Fsp3) is 0.143. The van der Waals surface area contributed by atoms with E-state index in [0.717, 1.165) is 10.9 Å². The summed E-state index contributed by atoms with van der Waals surface area (Å²) in [6.45, 7) is -0.272. The molecule has 9 heteroatoms. The first-order valence-corrected chi connectivity index (χ1v) is 11.7. The number of nitrogens with zero attached hydrogens (tertiary/aromatic N) is 3. The minimum atomic E-state index is -0.815. The summed E-state index contributed by atoms with van der Waals surface area (Å²) in [4.78, 5) is 48.1. The quantitative estimate of drug-likeness (QED) is 0.450. The predicted octanol–water partition coefficient (Wildman–Crippen LogP) is 4.01. The highest BCUT2D eigenvalue weighted by molar-refractivity contribution is 6.18. The van der Waals surface area contributed by atoms with Gasteiger partial charge in [0.2, 0.25) is 5.91 Å². The molecule has 1 N–H and O–H groups in total. The molecular weight excluding hydrogens is 472 g/mol. The van der Waals surface area contributed by atoms with Crippen molar-refractivity contribution in [2.75, 3.05) is 31.0 Å². The zero-order chi connectivity index (χ0) is 25.7. The van der Waals surface area contributed by atoms with E-state index in [4.69, 9.17) is 9.47 Å². The molecule has 0 unspecified atom stereocenters. The van der Waals surface area contributed by atoms with Crippen molar-refractivity contribution in [3.8, 4) is 11.5 Å². The van der Waals surface area contributed by atoms with Gasteiger partial charge in [0.15, 0.2) is 11.5 Å². The first-order chi connectivity index (χ1) is 18.0. The van der Waals surface area contributed by atoms with Crippen LogP contribution in [0.5, 0.6) is 11.5 Å². The van der Waals surface area contributed by atoms with Crippen molar-refractivity contribution in [1.82, 2.24) is 9.88 Å². The number of nitrogens with one attached hydrogen (secondary N) is 1. The number of fused-ring (bicyclic) bond motifs is 6. The molecule has 9 nitrogen and oxygen atoms in total. The molecule has 0 spiro atoms. The summed E-state index contributed by atoms with van der Waals surface area (Å²) in [6.07, 6.45) is 0.870. The van der Waals surface area contributed by atoms with E-state index in [1.54, 1.807) is 65.7 Å². The number of ether oxygens (including phenoxy) is 2. The lowest BCUT2D eigenvalue weighted by atomic mass is 10.0. The number of rotatable bonds is 5. The van der Waals surface area contributed by atoms with Gasteiger partial charge in [-0.15, -0.1) is 0 Å². The highest BCUT2D eigenvalue weighted by Crippen LogP contribution is 2.49. The molecule has 3 amide bonds. The number of aromatic nitrogens is 1. The SMILES string of the molecule is COc1ccc2c(c1OC)C(=O)N1c3ccccc3C(=O)N(CC(=O)Nc3cccc4ncccc34)[C@H]21. The van der Waals surface area contributed by atoms with Gasteiger partial charge in [-0.3, -0.25) is 24.3 Å². The molecule has 184 valence electrons. The highest BCUT2D eigenvalue weighted by atomic mass is 16.5.